The second-order valence-corrected chi connectivity index (χ2v) is 20.0. The predicted molar refractivity (Wildman–Crippen MR) is 212 cm³/mol. The Kier molecular flexibility index (Phi) is 14.1. The van der Waals surface area contributed by atoms with Crippen molar-refractivity contribution < 1.29 is 14.4 Å². The molecule has 50 heavy (non-hydrogen) atoms. The SMILES string of the molecule is CC(C)(C)Nc1nc(C(=O)C(C)(C)C)cs1.Cn1cc(NC(C)(C)C)cc1C(=O)C(C)(C)C.Cn1cc(NC(C)(C)C)nc1C(=O)C(C)(C)C. The number of aryl methyl sites for hydroxylation is 2. The van der Waals surface area contributed by atoms with Gasteiger partial charge in [-0.15, -0.1) is 11.3 Å². The van der Waals surface area contributed by atoms with Gasteiger partial charge in [0.15, 0.2) is 22.5 Å². The molecule has 0 fully saturated rings. The maximum absolute atomic E-state index is 12.2. The molecule has 10 nitrogen and oxygen atoms in total. The Morgan fingerprint density at radius 1 is 0.580 bits per heavy atom. The third-order valence-electron chi connectivity index (χ3n) is 6.60. The van der Waals surface area contributed by atoms with Crippen molar-refractivity contribution in [3.63, 3.8) is 0 Å². The maximum Gasteiger partial charge on any atom is 0.203 e. The van der Waals surface area contributed by atoms with Gasteiger partial charge < -0.3 is 25.1 Å². The van der Waals surface area contributed by atoms with Gasteiger partial charge in [0.1, 0.15) is 11.5 Å². The van der Waals surface area contributed by atoms with E-state index in [0.29, 0.717) is 11.5 Å². The van der Waals surface area contributed by atoms with E-state index in [-0.39, 0.29) is 44.8 Å². The molecule has 0 aliphatic carbocycles. The number of thiazole rings is 1. The van der Waals surface area contributed by atoms with Gasteiger partial charge in [-0.25, -0.2) is 9.97 Å². The van der Waals surface area contributed by atoms with Gasteiger partial charge in [0.2, 0.25) is 5.78 Å². The van der Waals surface area contributed by atoms with Gasteiger partial charge in [-0.1, -0.05) is 62.3 Å². The minimum atomic E-state index is -0.405. The van der Waals surface area contributed by atoms with Crippen molar-refractivity contribution >= 4 is 45.3 Å². The number of rotatable bonds is 6. The van der Waals surface area contributed by atoms with Gasteiger partial charge in [0.25, 0.3) is 0 Å². The number of nitrogens with zero attached hydrogens (tertiary/aromatic N) is 4. The van der Waals surface area contributed by atoms with Crippen molar-refractivity contribution in [1.82, 2.24) is 19.1 Å². The van der Waals surface area contributed by atoms with Crippen LogP contribution in [-0.2, 0) is 14.1 Å². The van der Waals surface area contributed by atoms with Crippen molar-refractivity contribution in [1.29, 1.82) is 0 Å². The van der Waals surface area contributed by atoms with Crippen molar-refractivity contribution in [2.45, 2.75) is 141 Å². The van der Waals surface area contributed by atoms with E-state index in [1.165, 1.54) is 11.3 Å². The zero-order valence-corrected chi connectivity index (χ0v) is 35.5. The summed E-state index contributed by atoms with van der Waals surface area (Å²) in [6, 6.07) is 1.93. The van der Waals surface area contributed by atoms with Crippen molar-refractivity contribution in [3.8, 4) is 0 Å². The van der Waals surface area contributed by atoms with Crippen LogP contribution < -0.4 is 16.0 Å². The van der Waals surface area contributed by atoms with Crippen LogP contribution in [0, 0.1) is 16.2 Å². The Bertz CT molecular complexity index is 1520. The lowest BCUT2D eigenvalue weighted by Gasteiger charge is -2.20. The summed E-state index contributed by atoms with van der Waals surface area (Å²) >= 11 is 1.48. The number of imidazole rings is 1. The van der Waals surface area contributed by atoms with Crippen LogP contribution in [-0.4, -0.2) is 53.1 Å². The molecule has 0 radical (unpaired) electrons. The first-order chi connectivity index (χ1) is 22.1. The third kappa shape index (κ3) is 15.2. The Morgan fingerprint density at radius 3 is 1.46 bits per heavy atom. The highest BCUT2D eigenvalue weighted by Gasteiger charge is 2.28. The standard InChI is InChI=1S/C14H24N2O.C13H23N3O.C12H20N2OS/c1-13(2,3)12(17)11-8-10(9-16(11)7)15-14(4,5)6;1-12(2,3)10(17)11-14-9(8-16(11)7)15-13(4,5)6;1-11(2,3)9(15)8-7-16-10(13-8)14-12(4,5)6/h8-9,15H,1-7H3;8,15H,1-7H3;7H,1-6H3,(H,13,14). The highest BCUT2D eigenvalue weighted by Crippen LogP contribution is 2.27. The fraction of sp³-hybridized carbons (Fsp3) is 0.667. The fourth-order valence-electron chi connectivity index (χ4n) is 4.27. The number of carbonyl (C=O) groups excluding carboxylic acids is 3. The maximum atomic E-state index is 12.2. The van der Waals surface area contributed by atoms with Gasteiger partial charge >= 0.3 is 0 Å². The zero-order chi connectivity index (χ0) is 39.4. The number of aromatic nitrogens is 4. The molecule has 0 aromatic carbocycles. The summed E-state index contributed by atoms with van der Waals surface area (Å²) in [5, 5.41) is 12.5. The van der Waals surface area contributed by atoms with E-state index in [0.717, 1.165) is 22.3 Å². The zero-order valence-electron chi connectivity index (χ0n) is 34.7. The minimum Gasteiger partial charge on any atom is -0.379 e. The lowest BCUT2D eigenvalue weighted by atomic mass is 9.89. The van der Waals surface area contributed by atoms with Crippen LogP contribution in [0.1, 0.15) is 156 Å². The number of ketones is 3. The van der Waals surface area contributed by atoms with E-state index in [9.17, 15) is 14.4 Å². The third-order valence-corrected chi connectivity index (χ3v) is 7.36. The molecule has 0 saturated carbocycles. The van der Waals surface area contributed by atoms with Gasteiger partial charge in [-0.2, -0.15) is 0 Å². The van der Waals surface area contributed by atoms with E-state index in [4.69, 9.17) is 0 Å². The number of nitrogens with one attached hydrogen (secondary N) is 3. The second kappa shape index (κ2) is 15.8. The molecule has 282 valence electrons. The van der Waals surface area contributed by atoms with Crippen LogP contribution in [0.5, 0.6) is 0 Å². The van der Waals surface area contributed by atoms with E-state index in [1.54, 1.807) is 4.57 Å². The monoisotopic (exact) mass is 714 g/mol. The van der Waals surface area contributed by atoms with Crippen molar-refractivity contribution in [2.24, 2.45) is 30.3 Å². The van der Waals surface area contributed by atoms with Crippen LogP contribution in [0.4, 0.5) is 16.6 Å². The molecule has 3 aromatic heterocycles. The lowest BCUT2D eigenvalue weighted by molar-refractivity contribution is 0.0839. The summed E-state index contributed by atoms with van der Waals surface area (Å²) in [6.45, 7) is 36.0. The molecule has 3 aromatic rings. The average molecular weight is 714 g/mol. The second-order valence-electron chi connectivity index (χ2n) is 19.2. The summed E-state index contributed by atoms with van der Waals surface area (Å²) in [5.41, 5.74) is 1.11. The molecule has 0 spiro atoms. The predicted octanol–water partition coefficient (Wildman–Crippen LogP) is 9.91. The normalized spacial score (nSPS) is 12.6. The molecular formula is C39H67N7O3S. The molecule has 11 heteroatoms. The summed E-state index contributed by atoms with van der Waals surface area (Å²) in [6.07, 6.45) is 3.81. The van der Waals surface area contributed by atoms with Crippen LogP contribution >= 0.6 is 11.3 Å². The van der Waals surface area contributed by atoms with Gasteiger partial charge in [-0.05, 0) is 68.4 Å². The molecule has 0 aliphatic rings. The highest BCUT2D eigenvalue weighted by molar-refractivity contribution is 7.13. The molecular weight excluding hydrogens is 647 g/mol. The Hall–Kier alpha value is -3.47. The first kappa shape index (κ1) is 44.6. The number of hydrogen-bond donors (Lipinski definition) is 3. The van der Waals surface area contributed by atoms with Crippen LogP contribution in [0.2, 0.25) is 0 Å². The largest absolute Gasteiger partial charge is 0.379 e. The highest BCUT2D eigenvalue weighted by atomic mass is 32.1. The number of hydrogen-bond acceptors (Lipinski definition) is 9. The molecule has 0 bridgehead atoms. The number of anilines is 3. The molecule has 0 unspecified atom stereocenters. The van der Waals surface area contributed by atoms with Gasteiger partial charge in [-0.3, -0.25) is 14.4 Å². The molecule has 0 atom stereocenters. The van der Waals surface area contributed by atoms with Crippen molar-refractivity contribution in [2.75, 3.05) is 16.0 Å². The minimum absolute atomic E-state index is 0.00338. The van der Waals surface area contributed by atoms with E-state index in [1.807, 2.05) is 105 Å². The Labute approximate surface area is 306 Å². The van der Waals surface area contributed by atoms with Crippen molar-refractivity contribution in [3.05, 3.63) is 41.1 Å². The summed E-state index contributed by atoms with van der Waals surface area (Å²) in [7, 11) is 3.76. The van der Waals surface area contributed by atoms with Crippen LogP contribution in [0.15, 0.2) is 23.8 Å². The molecule has 3 heterocycles. The van der Waals surface area contributed by atoms with Crippen LogP contribution in [0.3, 0.4) is 0 Å². The Morgan fingerprint density at radius 2 is 1.04 bits per heavy atom. The number of Topliss-reactive ketones (excluding diaryl/α,β-unsaturated/α-hetero) is 3. The number of carbonyl (C=O) groups is 3. The topological polar surface area (TPSA) is 123 Å². The first-order valence-corrected chi connectivity index (χ1v) is 18.1. The summed E-state index contributed by atoms with van der Waals surface area (Å²) < 4.78 is 3.67. The van der Waals surface area contributed by atoms with Crippen LogP contribution in [0.25, 0.3) is 0 Å². The van der Waals surface area contributed by atoms with E-state index in [2.05, 4.69) is 88.2 Å². The van der Waals surface area contributed by atoms with Gasteiger partial charge in [0, 0.05) is 64.7 Å². The summed E-state index contributed by atoms with van der Waals surface area (Å²) in [5.74, 6) is 1.56. The van der Waals surface area contributed by atoms with E-state index < -0.39 is 5.41 Å². The Balaban J connectivity index is 0.000000375. The molecule has 0 amide bonds. The smallest absolute Gasteiger partial charge is 0.203 e. The molecule has 3 rings (SSSR count). The van der Waals surface area contributed by atoms with E-state index >= 15 is 0 Å². The fourth-order valence-corrected chi connectivity index (χ4v) is 5.17. The molecule has 0 aliphatic heterocycles. The molecule has 0 saturated heterocycles. The van der Waals surface area contributed by atoms with Gasteiger partial charge in [0.05, 0.1) is 11.4 Å². The average Bonchev–Trinajstić information content (AvgIpc) is 3.57. The first-order valence-electron chi connectivity index (χ1n) is 17.2. The molecule has 3 N–H and O–H groups in total. The summed E-state index contributed by atoms with van der Waals surface area (Å²) in [4.78, 5) is 45.0. The lowest BCUT2D eigenvalue weighted by Crippen LogP contribution is -2.26. The quantitative estimate of drug-likeness (QED) is 0.216.